The highest BCUT2D eigenvalue weighted by atomic mass is 15.1. The first kappa shape index (κ1) is 5.59. The SMILES string of the molecule is C1CC(C2CC2)(C2CC2)N1. The quantitative estimate of drug-likeness (QED) is 0.608. The van der Waals surface area contributed by atoms with E-state index in [1.165, 1.54) is 38.6 Å². The predicted octanol–water partition coefficient (Wildman–Crippen LogP) is 1.54. The van der Waals surface area contributed by atoms with Gasteiger partial charge in [-0.3, -0.25) is 0 Å². The minimum absolute atomic E-state index is 0.694. The molecule has 3 fully saturated rings. The zero-order chi connectivity index (χ0) is 6.60. The summed E-state index contributed by atoms with van der Waals surface area (Å²) in [5.74, 6) is 2.18. The fraction of sp³-hybridized carbons (Fsp3) is 1.00. The molecule has 3 rings (SSSR count). The molecule has 10 heavy (non-hydrogen) atoms. The molecule has 1 saturated heterocycles. The molecule has 0 aromatic rings. The maximum atomic E-state index is 3.68. The van der Waals surface area contributed by atoms with Crippen molar-refractivity contribution in [3.05, 3.63) is 0 Å². The maximum Gasteiger partial charge on any atom is 0.0249 e. The summed E-state index contributed by atoms with van der Waals surface area (Å²) in [4.78, 5) is 0. The van der Waals surface area contributed by atoms with E-state index < -0.39 is 0 Å². The Morgan fingerprint density at radius 1 is 1.00 bits per heavy atom. The molecular formula is C9H15N. The van der Waals surface area contributed by atoms with Crippen LogP contribution in [0.2, 0.25) is 0 Å². The van der Waals surface area contributed by atoms with E-state index in [2.05, 4.69) is 5.32 Å². The van der Waals surface area contributed by atoms with Gasteiger partial charge in [0.05, 0.1) is 0 Å². The second-order valence-corrected chi connectivity index (χ2v) is 4.27. The Kier molecular flexibility index (Phi) is 0.883. The van der Waals surface area contributed by atoms with Gasteiger partial charge >= 0.3 is 0 Å². The summed E-state index contributed by atoms with van der Waals surface area (Å²) in [6.45, 7) is 1.30. The lowest BCUT2D eigenvalue weighted by Crippen LogP contribution is -2.60. The highest BCUT2D eigenvalue weighted by Crippen LogP contribution is 2.56. The number of rotatable bonds is 2. The Labute approximate surface area is 62.2 Å². The van der Waals surface area contributed by atoms with Crippen LogP contribution in [0.4, 0.5) is 0 Å². The second-order valence-electron chi connectivity index (χ2n) is 4.27. The summed E-state index contributed by atoms with van der Waals surface area (Å²) in [7, 11) is 0. The highest BCUT2D eigenvalue weighted by Gasteiger charge is 2.56. The third-order valence-corrected chi connectivity index (χ3v) is 3.60. The molecule has 0 aromatic heterocycles. The molecule has 1 heteroatoms. The second kappa shape index (κ2) is 1.58. The van der Waals surface area contributed by atoms with Crippen LogP contribution in [0.3, 0.4) is 0 Å². The van der Waals surface area contributed by atoms with Crippen LogP contribution >= 0.6 is 0 Å². The van der Waals surface area contributed by atoms with Gasteiger partial charge in [-0.15, -0.1) is 0 Å². The Morgan fingerprint density at radius 2 is 1.50 bits per heavy atom. The van der Waals surface area contributed by atoms with Crippen molar-refractivity contribution >= 4 is 0 Å². The van der Waals surface area contributed by atoms with Crippen LogP contribution in [0, 0.1) is 11.8 Å². The summed E-state index contributed by atoms with van der Waals surface area (Å²) in [5, 5.41) is 3.68. The van der Waals surface area contributed by atoms with E-state index in [9.17, 15) is 0 Å². The Balaban J connectivity index is 1.81. The van der Waals surface area contributed by atoms with E-state index in [1.54, 1.807) is 0 Å². The van der Waals surface area contributed by atoms with Crippen LogP contribution < -0.4 is 5.32 Å². The van der Waals surface area contributed by atoms with Gasteiger partial charge in [-0.1, -0.05) is 0 Å². The Bertz CT molecular complexity index is 138. The van der Waals surface area contributed by atoms with Gasteiger partial charge in [0.25, 0.3) is 0 Å². The standard InChI is InChI=1S/C9H15N/c1-2-7(1)9(5-6-10-9)8-3-4-8/h7-8,10H,1-6H2. The van der Waals surface area contributed by atoms with Crippen LogP contribution in [-0.4, -0.2) is 12.1 Å². The molecule has 0 amide bonds. The van der Waals surface area contributed by atoms with Crippen LogP contribution in [-0.2, 0) is 0 Å². The van der Waals surface area contributed by atoms with Gasteiger partial charge in [0, 0.05) is 5.54 Å². The van der Waals surface area contributed by atoms with Gasteiger partial charge in [0.1, 0.15) is 0 Å². The topological polar surface area (TPSA) is 12.0 Å². The molecule has 1 N–H and O–H groups in total. The van der Waals surface area contributed by atoms with E-state index in [-0.39, 0.29) is 0 Å². The predicted molar refractivity (Wildman–Crippen MR) is 40.8 cm³/mol. The first-order valence-electron chi connectivity index (χ1n) is 4.67. The lowest BCUT2D eigenvalue weighted by Gasteiger charge is -2.44. The maximum absolute atomic E-state index is 3.68. The molecule has 0 unspecified atom stereocenters. The molecule has 1 heterocycles. The molecule has 0 spiro atoms. The number of hydrogen-bond donors (Lipinski definition) is 1. The lowest BCUT2D eigenvalue weighted by atomic mass is 9.78. The summed E-state index contributed by atoms with van der Waals surface area (Å²) in [5.41, 5.74) is 0.694. The fourth-order valence-corrected chi connectivity index (χ4v) is 2.64. The van der Waals surface area contributed by atoms with Crippen molar-refractivity contribution in [1.82, 2.24) is 5.32 Å². The first-order chi connectivity index (χ1) is 4.92. The molecule has 1 nitrogen and oxygen atoms in total. The van der Waals surface area contributed by atoms with Crippen molar-refractivity contribution in [3.63, 3.8) is 0 Å². The van der Waals surface area contributed by atoms with Gasteiger partial charge in [-0.2, -0.15) is 0 Å². The van der Waals surface area contributed by atoms with E-state index in [0.29, 0.717) is 5.54 Å². The van der Waals surface area contributed by atoms with Crippen LogP contribution in [0.15, 0.2) is 0 Å². The van der Waals surface area contributed by atoms with E-state index in [4.69, 9.17) is 0 Å². The number of hydrogen-bond acceptors (Lipinski definition) is 1. The molecule has 0 bridgehead atoms. The third kappa shape index (κ3) is 0.572. The molecule has 3 aliphatic rings. The van der Waals surface area contributed by atoms with Gasteiger partial charge in [-0.05, 0) is 50.5 Å². The zero-order valence-electron chi connectivity index (χ0n) is 6.40. The summed E-state index contributed by atoms with van der Waals surface area (Å²) < 4.78 is 0. The van der Waals surface area contributed by atoms with Gasteiger partial charge in [0.15, 0.2) is 0 Å². The van der Waals surface area contributed by atoms with Crippen LogP contribution in [0.1, 0.15) is 32.1 Å². The zero-order valence-corrected chi connectivity index (χ0v) is 6.40. The van der Waals surface area contributed by atoms with E-state index in [0.717, 1.165) is 11.8 Å². The van der Waals surface area contributed by atoms with Crippen molar-refractivity contribution in [1.29, 1.82) is 0 Å². The largest absolute Gasteiger partial charge is 0.311 e. The molecule has 1 aliphatic heterocycles. The van der Waals surface area contributed by atoms with Crippen molar-refractivity contribution in [2.45, 2.75) is 37.6 Å². The average Bonchev–Trinajstić information content (AvgIpc) is 2.53. The molecule has 0 aromatic carbocycles. The summed E-state index contributed by atoms with van der Waals surface area (Å²) in [6.07, 6.45) is 7.56. The molecule has 56 valence electrons. The Morgan fingerprint density at radius 3 is 1.70 bits per heavy atom. The fourth-order valence-electron chi connectivity index (χ4n) is 2.64. The first-order valence-corrected chi connectivity index (χ1v) is 4.67. The Hall–Kier alpha value is -0.0400. The van der Waals surface area contributed by atoms with Gasteiger partial charge in [-0.25, -0.2) is 0 Å². The lowest BCUT2D eigenvalue weighted by molar-refractivity contribution is 0.143. The van der Waals surface area contributed by atoms with Crippen LogP contribution in [0.5, 0.6) is 0 Å². The minimum atomic E-state index is 0.694. The van der Waals surface area contributed by atoms with Crippen molar-refractivity contribution in [2.75, 3.05) is 6.54 Å². The normalized spacial score (nSPS) is 37.2. The third-order valence-electron chi connectivity index (χ3n) is 3.60. The molecular weight excluding hydrogens is 122 g/mol. The average molecular weight is 137 g/mol. The van der Waals surface area contributed by atoms with Gasteiger partial charge < -0.3 is 5.32 Å². The summed E-state index contributed by atoms with van der Waals surface area (Å²) in [6, 6.07) is 0. The highest BCUT2D eigenvalue weighted by molar-refractivity contribution is 5.13. The van der Waals surface area contributed by atoms with Crippen LogP contribution in [0.25, 0.3) is 0 Å². The van der Waals surface area contributed by atoms with E-state index in [1.807, 2.05) is 0 Å². The molecule has 2 saturated carbocycles. The van der Waals surface area contributed by atoms with Crippen molar-refractivity contribution in [3.8, 4) is 0 Å². The molecule has 0 atom stereocenters. The molecule has 0 radical (unpaired) electrons. The summed E-state index contributed by atoms with van der Waals surface area (Å²) >= 11 is 0. The van der Waals surface area contributed by atoms with Crippen molar-refractivity contribution in [2.24, 2.45) is 11.8 Å². The van der Waals surface area contributed by atoms with E-state index >= 15 is 0 Å². The molecule has 2 aliphatic carbocycles. The van der Waals surface area contributed by atoms with Crippen molar-refractivity contribution < 1.29 is 0 Å². The van der Waals surface area contributed by atoms with Gasteiger partial charge in [0.2, 0.25) is 0 Å². The monoisotopic (exact) mass is 137 g/mol. The number of nitrogens with one attached hydrogen (secondary N) is 1. The smallest absolute Gasteiger partial charge is 0.0249 e. The minimum Gasteiger partial charge on any atom is -0.311 e.